The smallest absolute Gasteiger partial charge is 0.131 e. The number of aryl methyl sites for hydroxylation is 1. The van der Waals surface area contributed by atoms with Gasteiger partial charge in [0.2, 0.25) is 0 Å². The Morgan fingerprint density at radius 2 is 2.23 bits per heavy atom. The van der Waals surface area contributed by atoms with Crippen LogP contribution in [0, 0.1) is 12.8 Å². The molecule has 74 valence electrons. The summed E-state index contributed by atoms with van der Waals surface area (Å²) >= 11 is 1.66. The van der Waals surface area contributed by atoms with E-state index in [1.54, 1.807) is 11.3 Å². The summed E-state index contributed by atoms with van der Waals surface area (Å²) in [5.74, 6) is 0.744. The molecule has 0 radical (unpaired) electrons. The third-order valence-electron chi connectivity index (χ3n) is 2.03. The van der Waals surface area contributed by atoms with E-state index in [9.17, 15) is 0 Å². The molecule has 1 rings (SSSR count). The summed E-state index contributed by atoms with van der Waals surface area (Å²) in [4.78, 5) is 0. The van der Waals surface area contributed by atoms with Crippen LogP contribution in [0.4, 0.5) is 0 Å². The van der Waals surface area contributed by atoms with Gasteiger partial charge in [0.25, 0.3) is 0 Å². The third kappa shape index (κ3) is 3.83. The van der Waals surface area contributed by atoms with Crippen LogP contribution in [-0.4, -0.2) is 16.7 Å². The van der Waals surface area contributed by atoms with E-state index in [0.29, 0.717) is 0 Å². The Morgan fingerprint density at radius 1 is 1.46 bits per heavy atom. The first-order valence-electron chi connectivity index (χ1n) is 4.72. The largest absolute Gasteiger partial charge is 0.310 e. The SMILES string of the molecule is CCC(C)CNCc1nnc(C)s1. The molecule has 1 aromatic heterocycles. The van der Waals surface area contributed by atoms with Crippen LogP contribution in [-0.2, 0) is 6.54 Å². The molecular formula is C9H17N3S. The number of nitrogens with one attached hydrogen (secondary N) is 1. The minimum atomic E-state index is 0.744. The van der Waals surface area contributed by atoms with Crippen molar-refractivity contribution in [2.45, 2.75) is 33.7 Å². The maximum atomic E-state index is 4.04. The molecule has 4 heteroatoms. The Kier molecular flexibility index (Phi) is 4.32. The highest BCUT2D eigenvalue weighted by Crippen LogP contribution is 2.07. The van der Waals surface area contributed by atoms with Crippen molar-refractivity contribution in [3.8, 4) is 0 Å². The number of hydrogen-bond donors (Lipinski definition) is 1. The Labute approximate surface area is 83.6 Å². The van der Waals surface area contributed by atoms with Crippen LogP contribution in [0.3, 0.4) is 0 Å². The van der Waals surface area contributed by atoms with Crippen LogP contribution in [0.15, 0.2) is 0 Å². The van der Waals surface area contributed by atoms with Crippen molar-refractivity contribution < 1.29 is 0 Å². The van der Waals surface area contributed by atoms with Crippen LogP contribution in [0.5, 0.6) is 0 Å². The zero-order valence-corrected chi connectivity index (χ0v) is 9.32. The van der Waals surface area contributed by atoms with Gasteiger partial charge < -0.3 is 5.32 Å². The summed E-state index contributed by atoms with van der Waals surface area (Å²) in [7, 11) is 0. The summed E-state index contributed by atoms with van der Waals surface area (Å²) in [6.07, 6.45) is 1.22. The molecule has 0 aliphatic heterocycles. The molecule has 0 aromatic carbocycles. The maximum Gasteiger partial charge on any atom is 0.131 e. The topological polar surface area (TPSA) is 37.8 Å². The number of hydrogen-bond acceptors (Lipinski definition) is 4. The summed E-state index contributed by atoms with van der Waals surface area (Å²) in [6, 6.07) is 0. The number of rotatable bonds is 5. The van der Waals surface area contributed by atoms with Crippen LogP contribution >= 0.6 is 11.3 Å². The van der Waals surface area contributed by atoms with Crippen molar-refractivity contribution in [2.24, 2.45) is 5.92 Å². The van der Waals surface area contributed by atoms with Gasteiger partial charge in [-0.05, 0) is 19.4 Å². The standard InChI is InChI=1S/C9H17N3S/c1-4-7(2)5-10-6-9-12-11-8(3)13-9/h7,10H,4-6H2,1-3H3. The lowest BCUT2D eigenvalue weighted by Gasteiger charge is -2.07. The van der Waals surface area contributed by atoms with Gasteiger partial charge in [-0.3, -0.25) is 0 Å². The van der Waals surface area contributed by atoms with Crippen molar-refractivity contribution in [1.29, 1.82) is 0 Å². The zero-order chi connectivity index (χ0) is 9.68. The van der Waals surface area contributed by atoms with Gasteiger partial charge >= 0.3 is 0 Å². The molecule has 3 nitrogen and oxygen atoms in total. The van der Waals surface area contributed by atoms with Gasteiger partial charge in [0.05, 0.1) is 0 Å². The minimum Gasteiger partial charge on any atom is -0.310 e. The van der Waals surface area contributed by atoms with E-state index in [4.69, 9.17) is 0 Å². The zero-order valence-electron chi connectivity index (χ0n) is 8.50. The average Bonchev–Trinajstić information content (AvgIpc) is 2.51. The van der Waals surface area contributed by atoms with Gasteiger partial charge in [-0.15, -0.1) is 21.5 Å². The molecule has 0 bridgehead atoms. The van der Waals surface area contributed by atoms with Crippen molar-refractivity contribution in [3.63, 3.8) is 0 Å². The second-order valence-electron chi connectivity index (χ2n) is 3.36. The fourth-order valence-corrected chi connectivity index (χ4v) is 1.66. The predicted molar refractivity (Wildman–Crippen MR) is 55.8 cm³/mol. The van der Waals surface area contributed by atoms with Crippen LogP contribution in [0.1, 0.15) is 30.3 Å². The van der Waals surface area contributed by atoms with E-state index < -0.39 is 0 Å². The van der Waals surface area contributed by atoms with Crippen molar-refractivity contribution >= 4 is 11.3 Å². The van der Waals surface area contributed by atoms with Crippen molar-refractivity contribution in [1.82, 2.24) is 15.5 Å². The van der Waals surface area contributed by atoms with E-state index in [1.165, 1.54) is 6.42 Å². The highest BCUT2D eigenvalue weighted by atomic mass is 32.1. The number of aromatic nitrogens is 2. The molecule has 1 heterocycles. The van der Waals surface area contributed by atoms with Gasteiger partial charge in [0, 0.05) is 6.54 Å². The Morgan fingerprint density at radius 3 is 2.77 bits per heavy atom. The third-order valence-corrected chi connectivity index (χ3v) is 2.87. The summed E-state index contributed by atoms with van der Waals surface area (Å²) in [5.41, 5.74) is 0. The Balaban J connectivity index is 2.20. The van der Waals surface area contributed by atoms with Gasteiger partial charge in [-0.1, -0.05) is 20.3 Å². The molecule has 0 saturated heterocycles. The second kappa shape index (κ2) is 5.29. The van der Waals surface area contributed by atoms with Crippen molar-refractivity contribution in [3.05, 3.63) is 10.0 Å². The van der Waals surface area contributed by atoms with E-state index in [1.807, 2.05) is 6.92 Å². The first-order valence-corrected chi connectivity index (χ1v) is 5.53. The Hall–Kier alpha value is -0.480. The minimum absolute atomic E-state index is 0.744. The lowest BCUT2D eigenvalue weighted by atomic mass is 10.1. The van der Waals surface area contributed by atoms with E-state index in [2.05, 4.69) is 29.4 Å². The van der Waals surface area contributed by atoms with E-state index in [0.717, 1.165) is 29.0 Å². The number of nitrogens with zero attached hydrogens (tertiary/aromatic N) is 2. The van der Waals surface area contributed by atoms with Crippen molar-refractivity contribution in [2.75, 3.05) is 6.54 Å². The monoisotopic (exact) mass is 199 g/mol. The molecule has 1 N–H and O–H groups in total. The molecule has 0 spiro atoms. The fraction of sp³-hybridized carbons (Fsp3) is 0.778. The maximum absolute atomic E-state index is 4.04. The van der Waals surface area contributed by atoms with Gasteiger partial charge in [0.15, 0.2) is 0 Å². The first-order chi connectivity index (χ1) is 6.22. The second-order valence-corrected chi connectivity index (χ2v) is 4.63. The van der Waals surface area contributed by atoms with Crippen LogP contribution in [0.25, 0.3) is 0 Å². The first kappa shape index (κ1) is 10.6. The quantitative estimate of drug-likeness (QED) is 0.788. The van der Waals surface area contributed by atoms with Gasteiger partial charge in [0.1, 0.15) is 10.0 Å². The van der Waals surface area contributed by atoms with Gasteiger partial charge in [-0.2, -0.15) is 0 Å². The molecular weight excluding hydrogens is 182 g/mol. The summed E-state index contributed by atoms with van der Waals surface area (Å²) < 4.78 is 0. The lowest BCUT2D eigenvalue weighted by molar-refractivity contribution is 0.498. The molecule has 0 amide bonds. The lowest BCUT2D eigenvalue weighted by Crippen LogP contribution is -2.20. The molecule has 0 saturated carbocycles. The Bertz CT molecular complexity index is 247. The highest BCUT2D eigenvalue weighted by molar-refractivity contribution is 7.11. The van der Waals surface area contributed by atoms with Gasteiger partial charge in [-0.25, -0.2) is 0 Å². The normalized spacial score (nSPS) is 13.2. The molecule has 1 unspecified atom stereocenters. The molecule has 0 fully saturated rings. The van der Waals surface area contributed by atoms with E-state index in [-0.39, 0.29) is 0 Å². The molecule has 0 aliphatic rings. The average molecular weight is 199 g/mol. The fourth-order valence-electron chi connectivity index (χ4n) is 0.979. The predicted octanol–water partition coefficient (Wildman–Crippen LogP) is 1.98. The molecule has 1 aromatic rings. The summed E-state index contributed by atoms with van der Waals surface area (Å²) in [6.45, 7) is 8.36. The van der Waals surface area contributed by atoms with E-state index >= 15 is 0 Å². The molecule has 0 aliphatic carbocycles. The van der Waals surface area contributed by atoms with Crippen LogP contribution < -0.4 is 5.32 Å². The molecule has 1 atom stereocenters. The summed E-state index contributed by atoms with van der Waals surface area (Å²) in [5, 5.41) is 13.5. The highest BCUT2D eigenvalue weighted by Gasteiger charge is 2.01. The molecule has 13 heavy (non-hydrogen) atoms. The van der Waals surface area contributed by atoms with Crippen LogP contribution in [0.2, 0.25) is 0 Å².